The van der Waals surface area contributed by atoms with Crippen molar-refractivity contribution >= 4 is 11.7 Å². The van der Waals surface area contributed by atoms with Crippen molar-refractivity contribution in [2.45, 2.75) is 20.8 Å². The van der Waals surface area contributed by atoms with Crippen molar-refractivity contribution in [1.82, 2.24) is 4.57 Å². The zero-order chi connectivity index (χ0) is 16.0. The minimum Gasteiger partial charge on any atom is -0.465 e. The zero-order valence-corrected chi connectivity index (χ0v) is 12.7. The first-order chi connectivity index (χ1) is 10.0. The van der Waals surface area contributed by atoms with Gasteiger partial charge in [0.2, 0.25) is 0 Å². The van der Waals surface area contributed by atoms with Gasteiger partial charge in [0, 0.05) is 18.0 Å². The first-order valence-electron chi connectivity index (χ1n) is 6.70. The number of aromatic nitrogens is 1. The van der Waals surface area contributed by atoms with Crippen LogP contribution in [0, 0.1) is 6.92 Å². The van der Waals surface area contributed by atoms with Crippen LogP contribution in [0.15, 0.2) is 41.3 Å². The minimum absolute atomic E-state index is 0.179. The van der Waals surface area contributed by atoms with Gasteiger partial charge in [0.15, 0.2) is 0 Å². The minimum atomic E-state index is -0.492. The summed E-state index contributed by atoms with van der Waals surface area (Å²) < 4.78 is 6.08. The van der Waals surface area contributed by atoms with E-state index in [-0.39, 0.29) is 5.56 Å². The molecule has 0 aliphatic carbocycles. The Bertz CT molecular complexity index is 690. The lowest BCUT2D eigenvalue weighted by Gasteiger charge is -2.09. The summed E-state index contributed by atoms with van der Waals surface area (Å²) >= 11 is 0. The van der Waals surface area contributed by atoms with Crippen LogP contribution in [-0.4, -0.2) is 17.6 Å². The second-order valence-corrected chi connectivity index (χ2v) is 4.22. The van der Waals surface area contributed by atoms with E-state index in [1.54, 1.807) is 18.3 Å². The van der Waals surface area contributed by atoms with E-state index in [1.165, 1.54) is 23.8 Å². The summed E-state index contributed by atoms with van der Waals surface area (Å²) in [5.74, 6) is -0.492. The van der Waals surface area contributed by atoms with Crippen molar-refractivity contribution in [3.8, 4) is 5.69 Å². The maximum absolute atomic E-state index is 11.9. The van der Waals surface area contributed by atoms with E-state index < -0.39 is 5.97 Å². The monoisotopic (exact) mass is 288 g/mol. The molecule has 112 valence electrons. The second-order valence-electron chi connectivity index (χ2n) is 4.22. The number of ether oxygens (including phenoxy) is 1. The molecule has 0 radical (unpaired) electrons. The molecule has 2 rings (SSSR count). The number of carbonyl (C=O) groups excluding carboxylic acids is 1. The molecule has 0 atom stereocenters. The number of hydrogen-bond donors (Lipinski definition) is 1. The van der Waals surface area contributed by atoms with E-state index in [9.17, 15) is 9.59 Å². The van der Waals surface area contributed by atoms with Gasteiger partial charge in [-0.15, -0.1) is 0 Å². The van der Waals surface area contributed by atoms with Gasteiger partial charge in [-0.3, -0.25) is 9.36 Å². The van der Waals surface area contributed by atoms with E-state index in [0.717, 1.165) is 5.56 Å². The molecule has 0 bridgehead atoms. The van der Waals surface area contributed by atoms with Crippen LogP contribution in [0.2, 0.25) is 0 Å². The summed E-state index contributed by atoms with van der Waals surface area (Å²) in [5.41, 5.74) is 7.68. The van der Waals surface area contributed by atoms with Gasteiger partial charge in [-0.25, -0.2) is 4.79 Å². The molecular formula is C16H20N2O3. The predicted octanol–water partition coefficient (Wildman–Crippen LogP) is 2.54. The van der Waals surface area contributed by atoms with Crippen molar-refractivity contribution in [1.29, 1.82) is 0 Å². The van der Waals surface area contributed by atoms with E-state index in [4.69, 9.17) is 5.73 Å². The van der Waals surface area contributed by atoms with Gasteiger partial charge in [0.25, 0.3) is 5.56 Å². The Morgan fingerprint density at radius 2 is 1.86 bits per heavy atom. The number of esters is 1. The third-order valence-electron chi connectivity index (χ3n) is 2.71. The fourth-order valence-corrected chi connectivity index (χ4v) is 1.80. The Kier molecular flexibility index (Phi) is 5.72. The molecule has 0 saturated carbocycles. The summed E-state index contributed by atoms with van der Waals surface area (Å²) in [6.07, 6.45) is 1.65. The fraction of sp³-hybridized carbons (Fsp3) is 0.250. The van der Waals surface area contributed by atoms with Crippen LogP contribution in [0.5, 0.6) is 0 Å². The number of nitrogen functional groups attached to an aromatic ring is 1. The van der Waals surface area contributed by atoms with Crippen molar-refractivity contribution in [2.24, 2.45) is 0 Å². The molecule has 2 aromatic rings. The van der Waals surface area contributed by atoms with E-state index in [2.05, 4.69) is 4.74 Å². The highest BCUT2D eigenvalue weighted by atomic mass is 16.5. The molecule has 0 amide bonds. The Labute approximate surface area is 124 Å². The molecular weight excluding hydrogens is 268 g/mol. The van der Waals surface area contributed by atoms with Gasteiger partial charge in [0.1, 0.15) is 0 Å². The number of nitrogens with two attached hydrogens (primary N) is 1. The lowest BCUT2D eigenvalue weighted by molar-refractivity contribution is 0.0600. The first kappa shape index (κ1) is 16.5. The summed E-state index contributed by atoms with van der Waals surface area (Å²) in [5, 5.41) is 0. The maximum atomic E-state index is 11.9. The van der Waals surface area contributed by atoms with Crippen LogP contribution in [-0.2, 0) is 4.74 Å². The quantitative estimate of drug-likeness (QED) is 0.680. The molecule has 1 heterocycles. The SMILES string of the molecule is CC.COC(=O)c1cc(N)cc(-n2ccc(C)cc2=O)c1. The Hall–Kier alpha value is -2.56. The fourth-order valence-electron chi connectivity index (χ4n) is 1.80. The van der Waals surface area contributed by atoms with Crippen LogP contribution in [0.4, 0.5) is 5.69 Å². The Morgan fingerprint density at radius 3 is 2.43 bits per heavy atom. The molecule has 1 aromatic carbocycles. The smallest absolute Gasteiger partial charge is 0.337 e. The van der Waals surface area contributed by atoms with Crippen molar-refractivity contribution in [3.63, 3.8) is 0 Å². The van der Waals surface area contributed by atoms with Crippen molar-refractivity contribution < 1.29 is 9.53 Å². The van der Waals surface area contributed by atoms with E-state index in [1.807, 2.05) is 26.8 Å². The van der Waals surface area contributed by atoms with E-state index in [0.29, 0.717) is 16.9 Å². The average molecular weight is 288 g/mol. The number of methoxy groups -OCH3 is 1. The number of anilines is 1. The lowest BCUT2D eigenvalue weighted by Crippen LogP contribution is -2.17. The second kappa shape index (κ2) is 7.28. The topological polar surface area (TPSA) is 74.3 Å². The van der Waals surface area contributed by atoms with Gasteiger partial charge in [0.05, 0.1) is 18.4 Å². The third kappa shape index (κ3) is 3.95. The highest BCUT2D eigenvalue weighted by Crippen LogP contribution is 2.15. The van der Waals surface area contributed by atoms with E-state index >= 15 is 0 Å². The number of nitrogens with zero attached hydrogens (tertiary/aromatic N) is 1. The molecule has 2 N–H and O–H groups in total. The number of hydrogen-bond acceptors (Lipinski definition) is 4. The van der Waals surface area contributed by atoms with Crippen LogP contribution < -0.4 is 11.3 Å². The first-order valence-corrected chi connectivity index (χ1v) is 6.70. The molecule has 21 heavy (non-hydrogen) atoms. The average Bonchev–Trinajstić information content (AvgIpc) is 2.47. The molecule has 0 spiro atoms. The molecule has 0 unspecified atom stereocenters. The lowest BCUT2D eigenvalue weighted by atomic mass is 10.1. The Balaban J connectivity index is 0.00000106. The molecule has 5 heteroatoms. The number of aryl methyl sites for hydroxylation is 1. The van der Waals surface area contributed by atoms with Crippen LogP contribution in [0.3, 0.4) is 0 Å². The van der Waals surface area contributed by atoms with Crippen molar-refractivity contribution in [2.75, 3.05) is 12.8 Å². The molecule has 5 nitrogen and oxygen atoms in total. The summed E-state index contributed by atoms with van der Waals surface area (Å²) in [7, 11) is 1.29. The summed E-state index contributed by atoms with van der Waals surface area (Å²) in [6, 6.07) is 8.03. The summed E-state index contributed by atoms with van der Waals surface area (Å²) in [4.78, 5) is 23.4. The van der Waals surface area contributed by atoms with Crippen LogP contribution in [0.25, 0.3) is 5.69 Å². The zero-order valence-electron chi connectivity index (χ0n) is 12.7. The standard InChI is InChI=1S/C14H14N2O3.C2H6/c1-9-3-4-16(13(17)5-9)12-7-10(14(18)19-2)6-11(15)8-12;1-2/h3-8H,15H2,1-2H3;1-2H3. The molecule has 0 saturated heterocycles. The molecule has 0 aliphatic heterocycles. The van der Waals surface area contributed by atoms with Gasteiger partial charge < -0.3 is 10.5 Å². The van der Waals surface area contributed by atoms with Crippen molar-refractivity contribution in [3.05, 3.63) is 58.0 Å². The van der Waals surface area contributed by atoms with Gasteiger partial charge in [-0.1, -0.05) is 13.8 Å². The molecule has 1 aromatic heterocycles. The van der Waals surface area contributed by atoms with Crippen LogP contribution in [0.1, 0.15) is 29.8 Å². The highest BCUT2D eigenvalue weighted by Gasteiger charge is 2.09. The van der Waals surface area contributed by atoms with Gasteiger partial charge in [-0.2, -0.15) is 0 Å². The number of benzene rings is 1. The highest BCUT2D eigenvalue weighted by molar-refractivity contribution is 5.91. The number of rotatable bonds is 2. The van der Waals surface area contributed by atoms with Gasteiger partial charge in [-0.05, 0) is 36.8 Å². The Morgan fingerprint density at radius 1 is 1.19 bits per heavy atom. The normalized spacial score (nSPS) is 9.52. The maximum Gasteiger partial charge on any atom is 0.337 e. The molecule has 0 fully saturated rings. The number of pyridine rings is 1. The molecule has 0 aliphatic rings. The van der Waals surface area contributed by atoms with Gasteiger partial charge >= 0.3 is 5.97 Å². The van der Waals surface area contributed by atoms with Crippen LogP contribution >= 0.6 is 0 Å². The largest absolute Gasteiger partial charge is 0.465 e. The predicted molar refractivity (Wildman–Crippen MR) is 83.9 cm³/mol. The number of carbonyl (C=O) groups is 1. The third-order valence-corrected chi connectivity index (χ3v) is 2.71. The summed E-state index contributed by atoms with van der Waals surface area (Å²) in [6.45, 7) is 5.84.